The summed E-state index contributed by atoms with van der Waals surface area (Å²) in [7, 11) is 1.73. The van der Waals surface area contributed by atoms with Gasteiger partial charge in [-0.05, 0) is 56.0 Å². The molecule has 1 unspecified atom stereocenters. The van der Waals surface area contributed by atoms with Crippen molar-refractivity contribution in [1.82, 2.24) is 14.8 Å². The molecule has 0 spiro atoms. The molecule has 1 aliphatic carbocycles. The molecular formula is C24H36F3N3O2. The highest BCUT2D eigenvalue weighted by molar-refractivity contribution is 5.23. The van der Waals surface area contributed by atoms with E-state index in [1.165, 1.54) is 4.57 Å². The van der Waals surface area contributed by atoms with E-state index in [0.29, 0.717) is 55.2 Å². The largest absolute Gasteiger partial charge is 0.416 e. The van der Waals surface area contributed by atoms with Crippen LogP contribution in [0.4, 0.5) is 13.2 Å². The average Bonchev–Trinajstić information content (AvgIpc) is 3.21. The number of halogens is 3. The fourth-order valence-corrected chi connectivity index (χ4v) is 4.93. The summed E-state index contributed by atoms with van der Waals surface area (Å²) in [6.45, 7) is 11.8. The second-order valence-corrected chi connectivity index (χ2v) is 9.54. The molecule has 2 heterocycles. The molecule has 1 fully saturated rings. The summed E-state index contributed by atoms with van der Waals surface area (Å²) in [5, 5.41) is 3.72. The van der Waals surface area contributed by atoms with Crippen LogP contribution in [0.2, 0.25) is 0 Å². The minimum atomic E-state index is -4.52. The lowest BCUT2D eigenvalue weighted by molar-refractivity contribution is -0.137. The molecule has 0 bridgehead atoms. The van der Waals surface area contributed by atoms with E-state index in [4.69, 9.17) is 4.74 Å². The van der Waals surface area contributed by atoms with Crippen LogP contribution in [0.25, 0.3) is 0 Å². The normalized spacial score (nSPS) is 22.3. The Hall–Kier alpha value is -1.80. The Morgan fingerprint density at radius 2 is 2.03 bits per heavy atom. The van der Waals surface area contributed by atoms with Crippen molar-refractivity contribution >= 4 is 0 Å². The molecule has 1 aromatic heterocycles. The van der Waals surface area contributed by atoms with E-state index < -0.39 is 17.3 Å². The first-order valence-corrected chi connectivity index (χ1v) is 11.6. The van der Waals surface area contributed by atoms with Crippen molar-refractivity contribution in [3.63, 3.8) is 0 Å². The lowest BCUT2D eigenvalue weighted by Crippen LogP contribution is -2.40. The summed E-state index contributed by atoms with van der Waals surface area (Å²) >= 11 is 0. The van der Waals surface area contributed by atoms with Crippen LogP contribution in [0.1, 0.15) is 50.8 Å². The third kappa shape index (κ3) is 5.95. The van der Waals surface area contributed by atoms with Gasteiger partial charge in [0.05, 0.1) is 12.1 Å². The molecule has 0 saturated heterocycles. The Bertz CT molecular complexity index is 850. The predicted octanol–water partition coefficient (Wildman–Crippen LogP) is 4.26. The summed E-state index contributed by atoms with van der Waals surface area (Å²) in [5.41, 5.74) is -0.0778. The highest BCUT2D eigenvalue weighted by Gasteiger charge is 2.34. The molecule has 3 rings (SSSR count). The van der Waals surface area contributed by atoms with Gasteiger partial charge >= 0.3 is 6.18 Å². The number of methoxy groups -OCH3 is 1. The third-order valence-electron chi connectivity index (χ3n) is 7.10. The summed E-state index contributed by atoms with van der Waals surface area (Å²) in [6.07, 6.45) is -0.403. The molecule has 0 aromatic carbocycles. The Morgan fingerprint density at radius 3 is 2.69 bits per heavy atom. The molecule has 1 aliphatic heterocycles. The standard InChI is InChI=1S/C24H36F3N3O2/c1-16(2)19(7-10-32-4)14-28-21-6-5-18(11-21)17(3)29-8-9-30-22(15-29)12-20(13-23(30)31)24(25,26)27/h12-13,16,18-19,21,28H,3,5-11,14-15H2,1-2,4H3/t18-,19?,21+/m0/s1. The number of allylic oxidation sites excluding steroid dienone is 1. The van der Waals surface area contributed by atoms with Crippen molar-refractivity contribution in [2.45, 2.75) is 64.8 Å². The Labute approximate surface area is 188 Å². The van der Waals surface area contributed by atoms with Gasteiger partial charge in [-0.15, -0.1) is 0 Å². The van der Waals surface area contributed by atoms with Crippen LogP contribution in [0.15, 0.2) is 29.2 Å². The van der Waals surface area contributed by atoms with Crippen LogP contribution < -0.4 is 10.9 Å². The van der Waals surface area contributed by atoms with E-state index in [-0.39, 0.29) is 0 Å². The molecule has 3 atom stereocenters. The highest BCUT2D eigenvalue weighted by atomic mass is 19.4. The van der Waals surface area contributed by atoms with Gasteiger partial charge in [0.15, 0.2) is 0 Å². The number of pyridine rings is 1. The smallest absolute Gasteiger partial charge is 0.385 e. The van der Waals surface area contributed by atoms with E-state index in [0.717, 1.165) is 50.6 Å². The second-order valence-electron chi connectivity index (χ2n) is 9.54. The Kier molecular flexibility index (Phi) is 8.09. The maximum atomic E-state index is 13.1. The van der Waals surface area contributed by atoms with Crippen molar-refractivity contribution < 1.29 is 17.9 Å². The molecule has 0 amide bonds. The minimum Gasteiger partial charge on any atom is -0.385 e. The Morgan fingerprint density at radius 1 is 1.28 bits per heavy atom. The van der Waals surface area contributed by atoms with Crippen molar-refractivity contribution in [3.05, 3.63) is 46.0 Å². The van der Waals surface area contributed by atoms with Gasteiger partial charge in [-0.25, -0.2) is 0 Å². The van der Waals surface area contributed by atoms with Crippen LogP contribution in [-0.2, 0) is 24.0 Å². The first-order chi connectivity index (χ1) is 15.1. The SMILES string of the molecule is C=C([C@H]1CC[C@@H](NCC(CCOC)C(C)C)C1)N1CCn2c(cc(C(F)(F)F)cc2=O)C1. The highest BCUT2D eigenvalue weighted by Crippen LogP contribution is 2.35. The maximum absolute atomic E-state index is 13.1. The van der Waals surface area contributed by atoms with Crippen LogP contribution in [-0.4, -0.2) is 42.3 Å². The van der Waals surface area contributed by atoms with Crippen molar-refractivity contribution in [1.29, 1.82) is 0 Å². The Balaban J connectivity index is 1.58. The zero-order valence-electron chi connectivity index (χ0n) is 19.4. The monoisotopic (exact) mass is 455 g/mol. The fourth-order valence-electron chi connectivity index (χ4n) is 4.93. The molecule has 1 N–H and O–H groups in total. The number of fused-ring (bicyclic) bond motifs is 1. The molecule has 1 saturated carbocycles. The molecule has 8 heteroatoms. The summed E-state index contributed by atoms with van der Waals surface area (Å²) in [5.74, 6) is 1.47. The van der Waals surface area contributed by atoms with Gasteiger partial charge in [0.1, 0.15) is 0 Å². The first-order valence-electron chi connectivity index (χ1n) is 11.6. The van der Waals surface area contributed by atoms with E-state index in [1.807, 2.05) is 0 Å². The molecule has 1 aromatic rings. The van der Waals surface area contributed by atoms with Crippen LogP contribution in [0.5, 0.6) is 0 Å². The summed E-state index contributed by atoms with van der Waals surface area (Å²) < 4.78 is 46.1. The maximum Gasteiger partial charge on any atom is 0.416 e. The number of alkyl halides is 3. The molecule has 5 nitrogen and oxygen atoms in total. The summed E-state index contributed by atoms with van der Waals surface area (Å²) in [6, 6.07) is 2.22. The van der Waals surface area contributed by atoms with Crippen molar-refractivity contribution in [2.24, 2.45) is 17.8 Å². The van der Waals surface area contributed by atoms with Crippen molar-refractivity contribution in [2.75, 3.05) is 26.8 Å². The van der Waals surface area contributed by atoms with Gasteiger partial charge in [0.25, 0.3) is 5.56 Å². The van der Waals surface area contributed by atoms with Gasteiger partial charge in [-0.3, -0.25) is 4.79 Å². The van der Waals surface area contributed by atoms with E-state index in [1.54, 1.807) is 7.11 Å². The van der Waals surface area contributed by atoms with Crippen LogP contribution in [0.3, 0.4) is 0 Å². The number of nitrogens with zero attached hydrogens (tertiary/aromatic N) is 2. The van der Waals surface area contributed by atoms with Gasteiger partial charge in [0, 0.05) is 50.3 Å². The average molecular weight is 456 g/mol. The van der Waals surface area contributed by atoms with Crippen molar-refractivity contribution in [3.8, 4) is 0 Å². The quantitative estimate of drug-likeness (QED) is 0.604. The van der Waals surface area contributed by atoms with Crippen LogP contribution in [0, 0.1) is 17.8 Å². The predicted molar refractivity (Wildman–Crippen MR) is 119 cm³/mol. The minimum absolute atomic E-state index is 0.291. The lowest BCUT2D eigenvalue weighted by Gasteiger charge is -2.35. The van der Waals surface area contributed by atoms with Gasteiger partial charge in [0.2, 0.25) is 0 Å². The van der Waals surface area contributed by atoms with E-state index >= 15 is 0 Å². The molecule has 0 radical (unpaired) electrons. The van der Waals surface area contributed by atoms with Gasteiger partial charge < -0.3 is 19.5 Å². The van der Waals surface area contributed by atoms with Gasteiger partial charge in [-0.1, -0.05) is 20.4 Å². The van der Waals surface area contributed by atoms with Crippen LogP contribution >= 0.6 is 0 Å². The molecular weight excluding hydrogens is 419 g/mol. The lowest BCUT2D eigenvalue weighted by atomic mass is 9.92. The number of hydrogen-bond donors (Lipinski definition) is 1. The van der Waals surface area contributed by atoms with E-state index in [2.05, 4.69) is 30.6 Å². The van der Waals surface area contributed by atoms with E-state index in [9.17, 15) is 18.0 Å². The number of hydrogen-bond acceptors (Lipinski definition) is 4. The van der Waals surface area contributed by atoms with Gasteiger partial charge in [-0.2, -0.15) is 13.2 Å². The summed E-state index contributed by atoms with van der Waals surface area (Å²) in [4.78, 5) is 14.2. The first kappa shape index (κ1) is 24.8. The second kappa shape index (κ2) is 10.4. The zero-order chi connectivity index (χ0) is 23.5. The number of nitrogens with one attached hydrogen (secondary N) is 1. The molecule has 32 heavy (non-hydrogen) atoms. The molecule has 2 aliphatic rings. The third-order valence-corrected chi connectivity index (χ3v) is 7.10. The molecule has 180 valence electrons. The number of rotatable bonds is 9. The number of aromatic nitrogens is 1. The zero-order valence-corrected chi connectivity index (χ0v) is 19.4. The fraction of sp³-hybridized carbons (Fsp3) is 0.708. The topological polar surface area (TPSA) is 46.5 Å². The number of ether oxygens (including phenoxy) is 1.